The minimum absolute atomic E-state index is 0.183. The van der Waals surface area contributed by atoms with Crippen LogP contribution < -0.4 is 15.5 Å². The second-order valence-electron chi connectivity index (χ2n) is 13.6. The Morgan fingerprint density at radius 2 is 1.85 bits per heavy atom. The van der Waals surface area contributed by atoms with Crippen molar-refractivity contribution >= 4 is 23.3 Å². The number of nitrogens with one attached hydrogen (secondary N) is 3. The van der Waals surface area contributed by atoms with E-state index in [4.69, 9.17) is 4.74 Å². The van der Waals surface area contributed by atoms with Gasteiger partial charge in [-0.3, -0.25) is 14.7 Å². The lowest BCUT2D eigenvalue weighted by atomic mass is 9.77. The molecule has 10 heteroatoms. The third kappa shape index (κ3) is 5.58. The highest BCUT2D eigenvalue weighted by molar-refractivity contribution is 6.00. The lowest BCUT2D eigenvalue weighted by Gasteiger charge is -2.33. The number of ether oxygens (including phenoxy) is 1. The van der Waals surface area contributed by atoms with Crippen molar-refractivity contribution in [2.24, 2.45) is 0 Å². The van der Waals surface area contributed by atoms with E-state index in [1.807, 2.05) is 50.4 Å². The van der Waals surface area contributed by atoms with Gasteiger partial charge in [0.15, 0.2) is 5.67 Å². The van der Waals surface area contributed by atoms with Gasteiger partial charge >= 0.3 is 0 Å². The van der Waals surface area contributed by atoms with E-state index in [0.29, 0.717) is 18.2 Å². The molecule has 4 aliphatic rings. The first-order valence-electron chi connectivity index (χ1n) is 16.7. The number of morpholine rings is 1. The Kier molecular flexibility index (Phi) is 7.35. The van der Waals surface area contributed by atoms with Crippen molar-refractivity contribution in [2.75, 3.05) is 23.4 Å². The molecule has 8 rings (SSSR count). The topological polar surface area (TPSA) is 112 Å². The second kappa shape index (κ2) is 11.6. The fraction of sp³-hybridized carbons (Fsp3) is 0.405. The standard InChI is InChI=1S/C37H39FN6O3/c1-21-33(22(2)43-42-21)24-8-10-27(11-9-24)40-35(45)34(41-36(46)37(38)13-14-37)30-5-3-4-23-6-7-25(16-31(23)30)26-12-15-39-32(17-26)44-19-29-18-28(44)20-47-29/h6-12,15-17,28-30,34H,3-5,13-14,18-20H2,1-2H3,(H,40,45)(H,41,46)(H,42,43)/t28-,29?,30-,34+/m1/s1. The van der Waals surface area contributed by atoms with E-state index in [1.54, 1.807) is 0 Å². The molecule has 2 saturated heterocycles. The normalized spacial score (nSPS) is 22.9. The number of benzene rings is 2. The van der Waals surface area contributed by atoms with E-state index in [9.17, 15) is 14.0 Å². The zero-order valence-electron chi connectivity index (χ0n) is 26.7. The molecule has 2 aromatic carbocycles. The number of carbonyl (C=O) groups excluding carboxylic acids is 2. The molecule has 3 N–H and O–H groups in total. The zero-order chi connectivity index (χ0) is 32.3. The van der Waals surface area contributed by atoms with Crippen LogP contribution in [-0.2, 0) is 20.7 Å². The van der Waals surface area contributed by atoms with Gasteiger partial charge in [-0.15, -0.1) is 0 Å². The van der Waals surface area contributed by atoms with E-state index in [0.717, 1.165) is 83.0 Å². The molecule has 1 saturated carbocycles. The predicted octanol–water partition coefficient (Wildman–Crippen LogP) is 5.78. The Balaban J connectivity index is 1.08. The number of hydrogen-bond acceptors (Lipinski definition) is 6. The number of alkyl halides is 1. The fourth-order valence-electron chi connectivity index (χ4n) is 7.67. The van der Waals surface area contributed by atoms with Gasteiger partial charge in [-0.25, -0.2) is 9.37 Å². The van der Waals surface area contributed by atoms with E-state index >= 15 is 0 Å². The maximum Gasteiger partial charge on any atom is 0.258 e. The van der Waals surface area contributed by atoms with E-state index < -0.39 is 17.6 Å². The van der Waals surface area contributed by atoms with Crippen LogP contribution >= 0.6 is 0 Å². The van der Waals surface area contributed by atoms with Crippen molar-refractivity contribution in [3.8, 4) is 22.3 Å². The average molecular weight is 635 g/mol. The maximum atomic E-state index is 15.0. The number of H-pyrrole nitrogens is 1. The zero-order valence-corrected chi connectivity index (χ0v) is 26.7. The van der Waals surface area contributed by atoms with Crippen LogP contribution in [0.2, 0.25) is 0 Å². The third-order valence-corrected chi connectivity index (χ3v) is 10.4. The number of aryl methyl sites for hydroxylation is 3. The molecule has 2 aromatic heterocycles. The molecule has 3 fully saturated rings. The van der Waals surface area contributed by atoms with Gasteiger partial charge in [-0.2, -0.15) is 5.10 Å². The van der Waals surface area contributed by atoms with Crippen molar-refractivity contribution in [2.45, 2.75) is 82.1 Å². The Morgan fingerprint density at radius 1 is 1.06 bits per heavy atom. The Hall–Kier alpha value is -4.57. The number of fused-ring (bicyclic) bond motifs is 3. The molecular weight excluding hydrogens is 595 g/mol. The largest absolute Gasteiger partial charge is 0.374 e. The molecule has 1 unspecified atom stereocenters. The number of anilines is 2. The summed E-state index contributed by atoms with van der Waals surface area (Å²) in [7, 11) is 0. The van der Waals surface area contributed by atoms with Gasteiger partial charge in [-0.1, -0.05) is 30.3 Å². The summed E-state index contributed by atoms with van der Waals surface area (Å²) in [5, 5.41) is 13.2. The maximum absolute atomic E-state index is 15.0. The highest BCUT2D eigenvalue weighted by Gasteiger charge is 2.52. The molecule has 4 aromatic rings. The lowest BCUT2D eigenvalue weighted by molar-refractivity contribution is -0.131. The number of aromatic nitrogens is 3. The van der Waals surface area contributed by atoms with Gasteiger partial charge in [0.2, 0.25) is 5.91 Å². The summed E-state index contributed by atoms with van der Waals surface area (Å²) in [6.07, 6.45) is 5.98. The molecule has 2 amide bonds. The van der Waals surface area contributed by atoms with Crippen LogP contribution in [-0.4, -0.2) is 64.0 Å². The van der Waals surface area contributed by atoms with Gasteiger partial charge in [0.1, 0.15) is 11.9 Å². The van der Waals surface area contributed by atoms with Crippen molar-refractivity contribution in [3.05, 3.63) is 83.3 Å². The highest BCUT2D eigenvalue weighted by atomic mass is 19.1. The number of amides is 2. The van der Waals surface area contributed by atoms with Crippen LogP contribution in [0.5, 0.6) is 0 Å². The number of aromatic amines is 1. The van der Waals surface area contributed by atoms with Crippen LogP contribution in [0.4, 0.5) is 15.9 Å². The average Bonchev–Trinajstić information content (AvgIpc) is 3.37. The number of hydrogen-bond donors (Lipinski definition) is 3. The van der Waals surface area contributed by atoms with Crippen LogP contribution in [0.15, 0.2) is 60.8 Å². The van der Waals surface area contributed by atoms with Crippen LogP contribution in [0.25, 0.3) is 22.3 Å². The first-order chi connectivity index (χ1) is 22.8. The smallest absolute Gasteiger partial charge is 0.258 e. The number of pyridine rings is 1. The van der Waals surface area contributed by atoms with E-state index in [-0.39, 0.29) is 30.8 Å². The summed E-state index contributed by atoms with van der Waals surface area (Å²) in [5.74, 6) is -0.427. The van der Waals surface area contributed by atoms with E-state index in [1.165, 1.54) is 0 Å². The Morgan fingerprint density at radius 3 is 2.55 bits per heavy atom. The third-order valence-electron chi connectivity index (χ3n) is 10.4. The predicted molar refractivity (Wildman–Crippen MR) is 178 cm³/mol. The molecule has 2 aliphatic carbocycles. The van der Waals surface area contributed by atoms with Gasteiger partial charge < -0.3 is 20.3 Å². The molecule has 9 nitrogen and oxygen atoms in total. The summed E-state index contributed by atoms with van der Waals surface area (Å²) in [4.78, 5) is 34.2. The first-order valence-corrected chi connectivity index (χ1v) is 16.7. The number of halogens is 1. The molecule has 4 heterocycles. The molecule has 0 radical (unpaired) electrons. The van der Waals surface area contributed by atoms with E-state index in [2.05, 4.69) is 55.0 Å². The summed E-state index contributed by atoms with van der Waals surface area (Å²) >= 11 is 0. The van der Waals surface area contributed by atoms with Crippen molar-refractivity contribution in [1.82, 2.24) is 20.5 Å². The van der Waals surface area contributed by atoms with Crippen LogP contribution in [0.3, 0.4) is 0 Å². The summed E-state index contributed by atoms with van der Waals surface area (Å²) in [5.41, 5.74) is 6.84. The van der Waals surface area contributed by atoms with Gasteiger partial charge in [0.05, 0.1) is 24.4 Å². The van der Waals surface area contributed by atoms with Crippen molar-refractivity contribution in [3.63, 3.8) is 0 Å². The number of rotatable bonds is 8. The monoisotopic (exact) mass is 634 g/mol. The molecular formula is C37H39FN6O3. The quantitative estimate of drug-likeness (QED) is 0.227. The number of carbonyl (C=O) groups is 2. The summed E-state index contributed by atoms with van der Waals surface area (Å²) in [6, 6.07) is 17.6. The highest BCUT2D eigenvalue weighted by Crippen LogP contribution is 2.42. The van der Waals surface area contributed by atoms with Crippen molar-refractivity contribution < 1.29 is 18.7 Å². The number of nitrogens with zero attached hydrogens (tertiary/aromatic N) is 3. The Labute approximate surface area is 273 Å². The molecule has 2 bridgehead atoms. The Bertz CT molecular complexity index is 1830. The van der Waals surface area contributed by atoms with Gasteiger partial charge in [-0.05, 0) is 104 Å². The molecule has 2 aliphatic heterocycles. The fourth-order valence-corrected chi connectivity index (χ4v) is 7.67. The lowest BCUT2D eigenvalue weighted by Crippen LogP contribution is -2.51. The van der Waals surface area contributed by atoms with Crippen molar-refractivity contribution in [1.29, 1.82) is 0 Å². The van der Waals surface area contributed by atoms with Gasteiger partial charge in [0, 0.05) is 35.6 Å². The molecule has 242 valence electrons. The summed E-state index contributed by atoms with van der Waals surface area (Å²) in [6.45, 7) is 5.52. The first kappa shape index (κ1) is 29.8. The minimum atomic E-state index is -1.90. The molecule has 0 spiro atoms. The molecule has 4 atom stereocenters. The van der Waals surface area contributed by atoms with Crippen LogP contribution in [0, 0.1) is 13.8 Å². The SMILES string of the molecule is Cc1n[nH]c(C)c1-c1ccc(NC(=O)[C@@H](NC(=O)C2(F)CC2)[C@@H]2CCCc3ccc(-c4ccnc(N5CC6C[C@@H]5CO6)c4)cc32)cc1. The molecule has 47 heavy (non-hydrogen) atoms. The summed E-state index contributed by atoms with van der Waals surface area (Å²) < 4.78 is 20.8. The van der Waals surface area contributed by atoms with Crippen LogP contribution in [0.1, 0.15) is 60.5 Å². The second-order valence-corrected chi connectivity index (χ2v) is 13.6. The minimum Gasteiger partial charge on any atom is -0.374 e. The van der Waals surface area contributed by atoms with Gasteiger partial charge in [0.25, 0.3) is 5.91 Å².